The van der Waals surface area contributed by atoms with Crippen LogP contribution in [0.25, 0.3) is 11.8 Å². The molecule has 3 rings (SSSR count). The van der Waals surface area contributed by atoms with E-state index >= 15 is 0 Å². The topological polar surface area (TPSA) is 54.0 Å². The highest BCUT2D eigenvalue weighted by Crippen LogP contribution is 2.39. The molecule has 0 N–H and O–H groups in total. The summed E-state index contributed by atoms with van der Waals surface area (Å²) in [6.45, 7) is 2.01. The van der Waals surface area contributed by atoms with Gasteiger partial charge >= 0.3 is 5.97 Å². The molecule has 0 bridgehead atoms. The Kier molecular flexibility index (Phi) is 4.98. The second-order valence-electron chi connectivity index (χ2n) is 5.82. The van der Waals surface area contributed by atoms with E-state index < -0.39 is 5.97 Å². The molecular weight excluding hydrogens is 332 g/mol. The zero-order chi connectivity index (χ0) is 18.7. The molecule has 26 heavy (non-hydrogen) atoms. The molecule has 5 nitrogen and oxygen atoms in total. The first-order chi connectivity index (χ1) is 12.5. The highest BCUT2D eigenvalue weighted by molar-refractivity contribution is 6.05. The van der Waals surface area contributed by atoms with Gasteiger partial charge in [-0.15, -0.1) is 0 Å². The molecule has 0 aromatic heterocycles. The molecule has 5 heteroatoms. The highest BCUT2D eigenvalue weighted by Gasteiger charge is 2.22. The third-order valence-corrected chi connectivity index (χ3v) is 4.07. The molecule has 0 saturated carbocycles. The van der Waals surface area contributed by atoms with E-state index in [-0.39, 0.29) is 0 Å². The number of carbonyl (C=O) groups is 1. The Hall–Kier alpha value is -3.21. The summed E-state index contributed by atoms with van der Waals surface area (Å²) in [7, 11) is 4.64. The maximum atomic E-state index is 12.2. The van der Waals surface area contributed by atoms with Gasteiger partial charge in [0.2, 0.25) is 5.75 Å². The lowest BCUT2D eigenvalue weighted by Crippen LogP contribution is -1.98. The van der Waals surface area contributed by atoms with Gasteiger partial charge in [-0.3, -0.25) is 0 Å². The molecule has 1 heterocycles. The summed E-state index contributed by atoms with van der Waals surface area (Å²) < 4.78 is 21.4. The van der Waals surface area contributed by atoms with Crippen molar-refractivity contribution in [3.8, 4) is 17.2 Å². The second-order valence-corrected chi connectivity index (χ2v) is 5.82. The van der Waals surface area contributed by atoms with Crippen LogP contribution in [0.3, 0.4) is 0 Å². The van der Waals surface area contributed by atoms with E-state index in [1.54, 1.807) is 45.6 Å². The SMILES string of the molecule is COc1cc(/C=C2\C=C(c3ccc(C)cc3)OC2=O)cc(OC)c1OC. The summed E-state index contributed by atoms with van der Waals surface area (Å²) in [6, 6.07) is 11.4. The monoisotopic (exact) mass is 352 g/mol. The number of hydrogen-bond donors (Lipinski definition) is 0. The Balaban J connectivity index is 1.99. The van der Waals surface area contributed by atoms with E-state index in [1.165, 1.54) is 0 Å². The van der Waals surface area contributed by atoms with Crippen LogP contribution in [-0.4, -0.2) is 27.3 Å². The molecular formula is C21H20O5. The van der Waals surface area contributed by atoms with Crippen molar-refractivity contribution in [2.45, 2.75) is 6.92 Å². The van der Waals surface area contributed by atoms with Gasteiger partial charge in [-0.25, -0.2) is 4.79 Å². The number of benzene rings is 2. The number of ether oxygens (including phenoxy) is 4. The fourth-order valence-electron chi connectivity index (χ4n) is 2.71. The van der Waals surface area contributed by atoms with Crippen molar-refractivity contribution >= 4 is 17.8 Å². The van der Waals surface area contributed by atoms with Gasteiger partial charge in [0, 0.05) is 5.56 Å². The molecule has 2 aromatic carbocycles. The van der Waals surface area contributed by atoms with E-state index in [4.69, 9.17) is 18.9 Å². The highest BCUT2D eigenvalue weighted by atomic mass is 16.5. The van der Waals surface area contributed by atoms with Crippen molar-refractivity contribution in [2.75, 3.05) is 21.3 Å². The zero-order valence-electron chi connectivity index (χ0n) is 15.2. The van der Waals surface area contributed by atoms with Crippen molar-refractivity contribution in [3.05, 3.63) is 64.7 Å². The van der Waals surface area contributed by atoms with Gasteiger partial charge in [-0.2, -0.15) is 0 Å². The first kappa shape index (κ1) is 17.6. The van der Waals surface area contributed by atoms with Crippen LogP contribution in [0.5, 0.6) is 17.2 Å². The van der Waals surface area contributed by atoms with Crippen LogP contribution < -0.4 is 14.2 Å². The Bertz CT molecular complexity index is 866. The van der Waals surface area contributed by atoms with Gasteiger partial charge in [-0.1, -0.05) is 29.8 Å². The van der Waals surface area contributed by atoms with Crippen molar-refractivity contribution in [1.82, 2.24) is 0 Å². The molecule has 0 fully saturated rings. The number of carbonyl (C=O) groups excluding carboxylic acids is 1. The van der Waals surface area contributed by atoms with Crippen LogP contribution in [0.1, 0.15) is 16.7 Å². The number of methoxy groups -OCH3 is 3. The number of esters is 1. The molecule has 0 saturated heterocycles. The van der Waals surface area contributed by atoms with Crippen LogP contribution in [0, 0.1) is 6.92 Å². The molecule has 0 amide bonds. The first-order valence-corrected chi connectivity index (χ1v) is 8.08. The van der Waals surface area contributed by atoms with E-state index in [0.717, 1.165) is 16.7 Å². The normalized spacial score (nSPS) is 14.8. The van der Waals surface area contributed by atoms with Crippen LogP contribution in [-0.2, 0) is 9.53 Å². The Morgan fingerprint density at radius 3 is 2.08 bits per heavy atom. The van der Waals surface area contributed by atoms with E-state index in [0.29, 0.717) is 28.6 Å². The van der Waals surface area contributed by atoms with Gasteiger partial charge in [0.15, 0.2) is 11.5 Å². The standard InChI is InChI=1S/C21H20O5/c1-13-5-7-15(8-6-13)17-12-16(21(22)26-17)9-14-10-18(23-2)20(25-4)19(11-14)24-3/h5-12H,1-4H3/b16-9+. The Morgan fingerprint density at radius 2 is 1.54 bits per heavy atom. The Morgan fingerprint density at radius 1 is 0.923 bits per heavy atom. The molecule has 1 aliphatic rings. The summed E-state index contributed by atoms with van der Waals surface area (Å²) in [5.74, 6) is 1.69. The summed E-state index contributed by atoms with van der Waals surface area (Å²) in [6.07, 6.45) is 3.46. The fraction of sp³-hybridized carbons (Fsp3) is 0.190. The summed E-state index contributed by atoms with van der Waals surface area (Å²) in [5, 5.41) is 0. The lowest BCUT2D eigenvalue weighted by molar-refractivity contribution is -0.130. The van der Waals surface area contributed by atoms with Gasteiger partial charge in [0.05, 0.1) is 26.9 Å². The molecule has 0 aliphatic carbocycles. The minimum atomic E-state index is -0.394. The van der Waals surface area contributed by atoms with Crippen molar-refractivity contribution < 1.29 is 23.7 Å². The molecule has 2 aromatic rings. The molecule has 0 unspecified atom stereocenters. The van der Waals surface area contributed by atoms with Crippen LogP contribution >= 0.6 is 0 Å². The quantitative estimate of drug-likeness (QED) is 0.601. The first-order valence-electron chi connectivity index (χ1n) is 8.08. The molecule has 0 atom stereocenters. The van der Waals surface area contributed by atoms with E-state index in [9.17, 15) is 4.79 Å². The van der Waals surface area contributed by atoms with Crippen molar-refractivity contribution in [2.24, 2.45) is 0 Å². The molecule has 0 spiro atoms. The lowest BCUT2D eigenvalue weighted by atomic mass is 10.1. The van der Waals surface area contributed by atoms with Gasteiger partial charge in [0.1, 0.15) is 5.76 Å². The van der Waals surface area contributed by atoms with Gasteiger partial charge < -0.3 is 18.9 Å². The molecule has 134 valence electrons. The number of rotatable bonds is 5. The van der Waals surface area contributed by atoms with Crippen LogP contribution in [0.4, 0.5) is 0 Å². The molecule has 0 radical (unpaired) electrons. The number of hydrogen-bond acceptors (Lipinski definition) is 5. The molecule has 1 aliphatic heterocycles. The summed E-state index contributed by atoms with van der Waals surface area (Å²) in [5.41, 5.74) is 3.20. The predicted molar refractivity (Wildman–Crippen MR) is 99.3 cm³/mol. The summed E-state index contributed by atoms with van der Waals surface area (Å²) in [4.78, 5) is 12.2. The predicted octanol–water partition coefficient (Wildman–Crippen LogP) is 4.00. The fourth-order valence-corrected chi connectivity index (χ4v) is 2.71. The maximum absolute atomic E-state index is 12.2. The average Bonchev–Trinajstić information content (AvgIpc) is 3.01. The second kappa shape index (κ2) is 7.35. The van der Waals surface area contributed by atoms with E-state index in [2.05, 4.69) is 0 Å². The smallest absolute Gasteiger partial charge is 0.343 e. The number of cyclic esters (lactones) is 1. The third kappa shape index (κ3) is 3.42. The maximum Gasteiger partial charge on any atom is 0.343 e. The largest absolute Gasteiger partial charge is 0.493 e. The minimum Gasteiger partial charge on any atom is -0.493 e. The van der Waals surface area contributed by atoms with Gasteiger partial charge in [-0.05, 0) is 36.8 Å². The lowest BCUT2D eigenvalue weighted by Gasteiger charge is -2.12. The number of aryl methyl sites for hydroxylation is 1. The third-order valence-electron chi connectivity index (χ3n) is 4.07. The van der Waals surface area contributed by atoms with E-state index in [1.807, 2.05) is 31.2 Å². The van der Waals surface area contributed by atoms with Crippen LogP contribution in [0.15, 0.2) is 48.0 Å². The van der Waals surface area contributed by atoms with Crippen molar-refractivity contribution in [3.63, 3.8) is 0 Å². The summed E-state index contributed by atoms with van der Waals surface area (Å²) >= 11 is 0. The van der Waals surface area contributed by atoms with Crippen molar-refractivity contribution in [1.29, 1.82) is 0 Å². The zero-order valence-corrected chi connectivity index (χ0v) is 15.2. The van der Waals surface area contributed by atoms with Gasteiger partial charge in [0.25, 0.3) is 0 Å². The minimum absolute atomic E-state index is 0.394. The Labute approximate surface area is 152 Å². The average molecular weight is 352 g/mol. The van der Waals surface area contributed by atoms with Crippen LogP contribution in [0.2, 0.25) is 0 Å².